The summed E-state index contributed by atoms with van der Waals surface area (Å²) < 4.78 is 16.0. The minimum Gasteiger partial charge on any atom is -0.480 e. The number of hydrogen-bond acceptors (Lipinski definition) is 7. The zero-order chi connectivity index (χ0) is 23.2. The van der Waals surface area contributed by atoms with E-state index >= 15 is 0 Å². The van der Waals surface area contributed by atoms with Crippen LogP contribution in [0.4, 0.5) is 4.79 Å². The molecule has 0 aromatic carbocycles. The first-order chi connectivity index (χ1) is 12.9. The van der Waals surface area contributed by atoms with Gasteiger partial charge in [0, 0.05) is 6.92 Å². The molecule has 0 aromatic heterocycles. The van der Waals surface area contributed by atoms with E-state index in [1.807, 2.05) is 0 Å². The lowest BCUT2D eigenvalue weighted by molar-refractivity contribution is -0.163. The molecule has 10 heteroatoms. The standard InChI is InChI=1S/C19H34N2O8/c1-10(13(15(23)24)21-17(26)29-19(7,8)9)27-16(25)14(20-12(3)22)11(2)28-18(4,5)6/h10-11,13-14H,1-9H3,(H,20,22)(H,21,26)(H,23,24)/t10-,11-,13+,14+/m1/s1. The predicted molar refractivity (Wildman–Crippen MR) is 104 cm³/mol. The SMILES string of the molecule is CC(=O)N[C@H](C(=O)O[C@H](C)[C@H](NC(=O)OC(C)(C)C)C(=O)O)[C@@H](C)OC(C)(C)C. The molecule has 29 heavy (non-hydrogen) atoms. The number of aliphatic carboxylic acids is 1. The molecular formula is C19H34N2O8. The summed E-state index contributed by atoms with van der Waals surface area (Å²) in [6.07, 6.45) is -2.96. The van der Waals surface area contributed by atoms with Crippen LogP contribution in [0.3, 0.4) is 0 Å². The average molecular weight is 418 g/mol. The van der Waals surface area contributed by atoms with Crippen molar-refractivity contribution < 1.29 is 38.5 Å². The molecule has 0 aromatic rings. The summed E-state index contributed by atoms with van der Waals surface area (Å²) in [6, 6.07) is -2.71. The van der Waals surface area contributed by atoms with Gasteiger partial charge in [0.1, 0.15) is 11.7 Å². The molecule has 0 radical (unpaired) electrons. The summed E-state index contributed by atoms with van der Waals surface area (Å²) in [7, 11) is 0. The summed E-state index contributed by atoms with van der Waals surface area (Å²) in [4.78, 5) is 47.5. The van der Waals surface area contributed by atoms with Crippen LogP contribution in [0.15, 0.2) is 0 Å². The van der Waals surface area contributed by atoms with Crippen LogP contribution in [0.5, 0.6) is 0 Å². The Balaban J connectivity index is 5.29. The first-order valence-corrected chi connectivity index (χ1v) is 9.30. The van der Waals surface area contributed by atoms with Crippen molar-refractivity contribution in [2.24, 2.45) is 0 Å². The van der Waals surface area contributed by atoms with E-state index in [1.54, 1.807) is 48.5 Å². The van der Waals surface area contributed by atoms with Gasteiger partial charge >= 0.3 is 18.0 Å². The van der Waals surface area contributed by atoms with Gasteiger partial charge < -0.3 is 30.0 Å². The molecule has 10 nitrogen and oxygen atoms in total. The Hall–Kier alpha value is -2.36. The van der Waals surface area contributed by atoms with Crippen LogP contribution in [-0.2, 0) is 28.6 Å². The van der Waals surface area contributed by atoms with Crippen LogP contribution in [-0.4, -0.2) is 64.5 Å². The van der Waals surface area contributed by atoms with Gasteiger partial charge in [0.05, 0.1) is 11.7 Å². The highest BCUT2D eigenvalue weighted by atomic mass is 16.6. The molecule has 0 spiro atoms. The highest BCUT2D eigenvalue weighted by molar-refractivity contribution is 5.85. The normalized spacial score (nSPS) is 16.0. The topological polar surface area (TPSA) is 140 Å². The van der Waals surface area contributed by atoms with Crippen LogP contribution in [0.25, 0.3) is 0 Å². The molecule has 0 heterocycles. The highest BCUT2D eigenvalue weighted by Gasteiger charge is 2.36. The van der Waals surface area contributed by atoms with Crippen LogP contribution >= 0.6 is 0 Å². The third kappa shape index (κ3) is 11.3. The van der Waals surface area contributed by atoms with Crippen molar-refractivity contribution >= 4 is 23.9 Å². The Bertz CT molecular complexity index is 606. The Morgan fingerprint density at radius 1 is 0.828 bits per heavy atom. The van der Waals surface area contributed by atoms with Gasteiger partial charge in [0.15, 0.2) is 12.1 Å². The predicted octanol–water partition coefficient (Wildman–Crippen LogP) is 1.60. The van der Waals surface area contributed by atoms with E-state index in [4.69, 9.17) is 14.2 Å². The van der Waals surface area contributed by atoms with Crippen LogP contribution in [0.2, 0.25) is 0 Å². The third-order valence-electron chi connectivity index (χ3n) is 3.33. The molecule has 0 aliphatic rings. The number of carboxylic acids is 1. The molecule has 0 fully saturated rings. The Morgan fingerprint density at radius 2 is 1.34 bits per heavy atom. The van der Waals surface area contributed by atoms with E-state index in [0.29, 0.717) is 0 Å². The van der Waals surface area contributed by atoms with E-state index < -0.39 is 59.4 Å². The van der Waals surface area contributed by atoms with Crippen molar-refractivity contribution in [3.05, 3.63) is 0 Å². The smallest absolute Gasteiger partial charge is 0.408 e. The number of rotatable bonds is 8. The second-order valence-electron chi connectivity index (χ2n) is 8.72. The molecule has 2 amide bonds. The van der Waals surface area contributed by atoms with Crippen molar-refractivity contribution in [3.63, 3.8) is 0 Å². The fourth-order valence-corrected chi connectivity index (χ4v) is 2.35. The van der Waals surface area contributed by atoms with Gasteiger partial charge in [-0.2, -0.15) is 0 Å². The maximum Gasteiger partial charge on any atom is 0.408 e. The second-order valence-corrected chi connectivity index (χ2v) is 8.72. The summed E-state index contributed by atoms with van der Waals surface area (Å²) in [5, 5.41) is 14.0. The van der Waals surface area contributed by atoms with Crippen LogP contribution < -0.4 is 10.6 Å². The van der Waals surface area contributed by atoms with Gasteiger partial charge in [-0.3, -0.25) is 4.79 Å². The van der Waals surface area contributed by atoms with Crippen molar-refractivity contribution in [3.8, 4) is 0 Å². The summed E-state index contributed by atoms with van der Waals surface area (Å²) in [5.41, 5.74) is -1.42. The number of nitrogens with one attached hydrogen (secondary N) is 2. The zero-order valence-corrected chi connectivity index (χ0v) is 18.6. The lowest BCUT2D eigenvalue weighted by Crippen LogP contribution is -2.54. The third-order valence-corrected chi connectivity index (χ3v) is 3.33. The largest absolute Gasteiger partial charge is 0.480 e. The van der Waals surface area contributed by atoms with E-state index in [2.05, 4.69) is 10.6 Å². The fraction of sp³-hybridized carbons (Fsp3) is 0.789. The first-order valence-electron chi connectivity index (χ1n) is 9.30. The molecule has 168 valence electrons. The molecule has 0 saturated carbocycles. The number of amides is 2. The van der Waals surface area contributed by atoms with Crippen LogP contribution in [0, 0.1) is 0 Å². The first kappa shape index (κ1) is 26.6. The number of carboxylic acid groups (broad SMARTS) is 1. The summed E-state index contributed by atoms with van der Waals surface area (Å²) >= 11 is 0. The minimum absolute atomic E-state index is 0.481. The van der Waals surface area contributed by atoms with Gasteiger partial charge in [0.2, 0.25) is 5.91 Å². The molecule has 4 atom stereocenters. The second kappa shape index (κ2) is 10.4. The van der Waals surface area contributed by atoms with E-state index in [9.17, 15) is 24.3 Å². The quantitative estimate of drug-likeness (QED) is 0.505. The van der Waals surface area contributed by atoms with Crippen molar-refractivity contribution in [2.75, 3.05) is 0 Å². The molecular weight excluding hydrogens is 384 g/mol. The Morgan fingerprint density at radius 3 is 1.72 bits per heavy atom. The highest BCUT2D eigenvalue weighted by Crippen LogP contribution is 2.15. The molecule has 0 bridgehead atoms. The van der Waals surface area contributed by atoms with E-state index in [-0.39, 0.29) is 0 Å². The maximum absolute atomic E-state index is 12.6. The number of carbonyl (C=O) groups excluding carboxylic acids is 3. The molecule has 0 saturated heterocycles. The van der Waals surface area contributed by atoms with Gasteiger partial charge in [-0.1, -0.05) is 0 Å². The number of carbonyl (C=O) groups is 4. The zero-order valence-electron chi connectivity index (χ0n) is 18.6. The lowest BCUT2D eigenvalue weighted by Gasteiger charge is -2.31. The van der Waals surface area contributed by atoms with Crippen LogP contribution in [0.1, 0.15) is 62.3 Å². The van der Waals surface area contributed by atoms with E-state index in [0.717, 1.165) is 0 Å². The average Bonchev–Trinajstić information content (AvgIpc) is 2.45. The lowest BCUT2D eigenvalue weighted by atomic mass is 10.1. The van der Waals surface area contributed by atoms with Crippen molar-refractivity contribution in [1.82, 2.24) is 10.6 Å². The van der Waals surface area contributed by atoms with Gasteiger partial charge in [-0.25, -0.2) is 14.4 Å². The molecule has 0 unspecified atom stereocenters. The molecule has 0 aliphatic heterocycles. The molecule has 3 N–H and O–H groups in total. The van der Waals surface area contributed by atoms with E-state index in [1.165, 1.54) is 13.8 Å². The number of alkyl carbamates (subject to hydrolysis) is 1. The monoisotopic (exact) mass is 418 g/mol. The number of ether oxygens (including phenoxy) is 3. The maximum atomic E-state index is 12.6. The minimum atomic E-state index is -1.55. The Labute approximate surface area is 171 Å². The molecule has 0 rings (SSSR count). The van der Waals surface area contributed by atoms with Gasteiger partial charge in [-0.05, 0) is 55.4 Å². The van der Waals surface area contributed by atoms with Gasteiger partial charge in [0.25, 0.3) is 0 Å². The molecule has 0 aliphatic carbocycles. The van der Waals surface area contributed by atoms with Gasteiger partial charge in [-0.15, -0.1) is 0 Å². The summed E-state index contributed by atoms with van der Waals surface area (Å²) in [5.74, 6) is -2.78. The van der Waals surface area contributed by atoms with Crippen molar-refractivity contribution in [1.29, 1.82) is 0 Å². The summed E-state index contributed by atoms with van der Waals surface area (Å²) in [6.45, 7) is 14.4. The van der Waals surface area contributed by atoms with Crippen molar-refractivity contribution in [2.45, 2.75) is 97.8 Å². The number of esters is 1. The number of hydrogen-bond donors (Lipinski definition) is 3. The fourth-order valence-electron chi connectivity index (χ4n) is 2.35. The Kier molecular flexibility index (Phi) is 9.58.